The minimum Gasteiger partial charge on any atom is -0.372 e. The van der Waals surface area contributed by atoms with Crippen molar-refractivity contribution in [2.45, 2.75) is 26.7 Å². The zero-order valence-corrected chi connectivity index (χ0v) is 16.9. The van der Waals surface area contributed by atoms with Crippen molar-refractivity contribution in [3.8, 4) is 0 Å². The third-order valence-corrected chi connectivity index (χ3v) is 4.80. The van der Waals surface area contributed by atoms with Gasteiger partial charge in [-0.05, 0) is 35.7 Å². The van der Waals surface area contributed by atoms with Crippen LogP contribution in [0.25, 0.3) is 0 Å². The number of anilines is 1. The summed E-state index contributed by atoms with van der Waals surface area (Å²) in [6.45, 7) is 4.76. The lowest BCUT2D eigenvalue weighted by atomic mass is 10.1. The molecule has 1 N–H and O–H groups in total. The lowest BCUT2D eigenvalue weighted by Gasteiger charge is -2.22. The van der Waals surface area contributed by atoms with Gasteiger partial charge in [-0.3, -0.25) is 4.79 Å². The molecule has 4 heteroatoms. The molecule has 0 aliphatic rings. The van der Waals surface area contributed by atoms with Crippen molar-refractivity contribution in [3.63, 3.8) is 0 Å². The molecule has 0 atom stereocenters. The first-order chi connectivity index (χ1) is 14.3. The Balaban J connectivity index is 1.51. The van der Waals surface area contributed by atoms with Crippen molar-refractivity contribution < 1.29 is 9.53 Å². The Morgan fingerprint density at radius 1 is 0.828 bits per heavy atom. The molecule has 0 aliphatic heterocycles. The van der Waals surface area contributed by atoms with Crippen molar-refractivity contribution >= 4 is 11.6 Å². The normalized spacial score (nSPS) is 10.5. The van der Waals surface area contributed by atoms with Gasteiger partial charge in [0.15, 0.2) is 0 Å². The molecule has 0 heterocycles. The van der Waals surface area contributed by atoms with Crippen LogP contribution in [0.2, 0.25) is 0 Å². The number of likely N-dealkylation sites (N-methyl/N-ethyl adjacent to an activating group) is 1. The second kappa shape index (κ2) is 11.0. The van der Waals surface area contributed by atoms with E-state index in [1.807, 2.05) is 66.7 Å². The molecule has 3 aromatic rings. The molecule has 0 radical (unpaired) electrons. The summed E-state index contributed by atoms with van der Waals surface area (Å²) in [6.07, 6.45) is 0. The standard InChI is InChI=1S/C25H28N2O2/c1-2-27(24-15-7-4-8-16-24)18-25(28)26-17-22-13-9-10-14-23(22)20-29-19-21-11-5-3-6-12-21/h3-16H,2,17-20H2,1H3,(H,26,28). The molecular weight excluding hydrogens is 360 g/mol. The summed E-state index contributed by atoms with van der Waals surface area (Å²) < 4.78 is 5.87. The number of carbonyl (C=O) groups is 1. The Morgan fingerprint density at radius 2 is 1.45 bits per heavy atom. The number of amides is 1. The summed E-state index contributed by atoms with van der Waals surface area (Å²) in [5.41, 5.74) is 4.38. The number of rotatable bonds is 10. The fraction of sp³-hybridized carbons (Fsp3) is 0.240. The monoisotopic (exact) mass is 388 g/mol. The summed E-state index contributed by atoms with van der Waals surface area (Å²) in [7, 11) is 0. The molecule has 0 saturated heterocycles. The molecule has 3 aromatic carbocycles. The van der Waals surface area contributed by atoms with Crippen LogP contribution in [-0.4, -0.2) is 19.0 Å². The number of nitrogens with one attached hydrogen (secondary N) is 1. The van der Waals surface area contributed by atoms with Crippen LogP contribution in [0.4, 0.5) is 5.69 Å². The van der Waals surface area contributed by atoms with Gasteiger partial charge in [-0.25, -0.2) is 0 Å². The topological polar surface area (TPSA) is 41.6 Å². The van der Waals surface area contributed by atoms with Gasteiger partial charge in [0.25, 0.3) is 0 Å². The summed E-state index contributed by atoms with van der Waals surface area (Å²) in [4.78, 5) is 14.5. The van der Waals surface area contributed by atoms with E-state index in [0.29, 0.717) is 26.3 Å². The van der Waals surface area contributed by atoms with Gasteiger partial charge in [-0.2, -0.15) is 0 Å². The predicted molar refractivity (Wildman–Crippen MR) is 118 cm³/mol. The molecule has 29 heavy (non-hydrogen) atoms. The lowest BCUT2D eigenvalue weighted by molar-refractivity contribution is -0.119. The van der Waals surface area contributed by atoms with Gasteiger partial charge >= 0.3 is 0 Å². The van der Waals surface area contributed by atoms with Gasteiger partial charge in [0.1, 0.15) is 0 Å². The van der Waals surface area contributed by atoms with E-state index >= 15 is 0 Å². The van der Waals surface area contributed by atoms with Gasteiger partial charge in [0.05, 0.1) is 19.8 Å². The Kier molecular flexibility index (Phi) is 7.84. The van der Waals surface area contributed by atoms with Crippen molar-refractivity contribution in [2.24, 2.45) is 0 Å². The van der Waals surface area contributed by atoms with Crippen molar-refractivity contribution in [1.29, 1.82) is 0 Å². The molecule has 1 amide bonds. The number of hydrogen-bond donors (Lipinski definition) is 1. The number of carbonyl (C=O) groups excluding carboxylic acids is 1. The molecule has 0 aliphatic carbocycles. The van der Waals surface area contributed by atoms with E-state index in [-0.39, 0.29) is 5.91 Å². The number of benzene rings is 3. The smallest absolute Gasteiger partial charge is 0.239 e. The van der Waals surface area contributed by atoms with Crippen LogP contribution in [0.3, 0.4) is 0 Å². The fourth-order valence-corrected chi connectivity index (χ4v) is 3.17. The lowest BCUT2D eigenvalue weighted by Crippen LogP contribution is -2.37. The van der Waals surface area contributed by atoms with Crippen molar-refractivity contribution in [1.82, 2.24) is 5.32 Å². The Labute approximate surface area is 173 Å². The number of hydrogen-bond acceptors (Lipinski definition) is 3. The summed E-state index contributed by atoms with van der Waals surface area (Å²) >= 11 is 0. The van der Waals surface area contributed by atoms with E-state index in [1.54, 1.807) is 0 Å². The average molecular weight is 389 g/mol. The first-order valence-electron chi connectivity index (χ1n) is 10.0. The molecule has 3 rings (SSSR count). The number of nitrogens with zero attached hydrogens (tertiary/aromatic N) is 1. The van der Waals surface area contributed by atoms with Crippen LogP contribution < -0.4 is 10.2 Å². The first-order valence-corrected chi connectivity index (χ1v) is 10.0. The highest BCUT2D eigenvalue weighted by Crippen LogP contribution is 2.13. The van der Waals surface area contributed by atoms with E-state index in [2.05, 4.69) is 35.3 Å². The fourth-order valence-electron chi connectivity index (χ4n) is 3.17. The average Bonchev–Trinajstić information content (AvgIpc) is 2.78. The molecule has 0 saturated carbocycles. The minimum atomic E-state index is 0.00992. The molecule has 4 nitrogen and oxygen atoms in total. The SMILES string of the molecule is CCN(CC(=O)NCc1ccccc1COCc1ccccc1)c1ccccc1. The van der Waals surface area contributed by atoms with Gasteiger partial charge in [0.2, 0.25) is 5.91 Å². The Hall–Kier alpha value is -3.11. The maximum Gasteiger partial charge on any atom is 0.239 e. The van der Waals surface area contributed by atoms with Crippen LogP contribution in [0, 0.1) is 0 Å². The summed E-state index contributed by atoms with van der Waals surface area (Å²) in [5.74, 6) is 0.00992. The molecule has 0 fully saturated rings. The van der Waals surface area contributed by atoms with Gasteiger partial charge in [-0.15, -0.1) is 0 Å². The van der Waals surface area contributed by atoms with Gasteiger partial charge in [-0.1, -0.05) is 72.8 Å². The van der Waals surface area contributed by atoms with Crippen LogP contribution in [0.15, 0.2) is 84.9 Å². The zero-order chi connectivity index (χ0) is 20.3. The van der Waals surface area contributed by atoms with E-state index in [9.17, 15) is 4.79 Å². The predicted octanol–water partition coefficient (Wildman–Crippen LogP) is 4.55. The third kappa shape index (κ3) is 6.47. The Bertz CT molecular complexity index is 882. The second-order valence-corrected chi connectivity index (χ2v) is 6.87. The summed E-state index contributed by atoms with van der Waals surface area (Å²) in [5, 5.41) is 3.05. The highest BCUT2D eigenvalue weighted by atomic mass is 16.5. The number of ether oxygens (including phenoxy) is 1. The maximum atomic E-state index is 12.5. The highest BCUT2D eigenvalue weighted by molar-refractivity contribution is 5.81. The third-order valence-electron chi connectivity index (χ3n) is 4.80. The Morgan fingerprint density at radius 3 is 2.14 bits per heavy atom. The van der Waals surface area contributed by atoms with Gasteiger partial charge in [0, 0.05) is 18.8 Å². The first kappa shape index (κ1) is 20.6. The largest absolute Gasteiger partial charge is 0.372 e. The molecule has 0 spiro atoms. The summed E-state index contributed by atoms with van der Waals surface area (Å²) in [6, 6.07) is 28.2. The molecule has 0 bridgehead atoms. The zero-order valence-electron chi connectivity index (χ0n) is 16.9. The number of para-hydroxylation sites is 1. The maximum absolute atomic E-state index is 12.5. The van der Waals surface area contributed by atoms with Crippen LogP contribution in [0.5, 0.6) is 0 Å². The van der Waals surface area contributed by atoms with Crippen LogP contribution in [-0.2, 0) is 29.3 Å². The van der Waals surface area contributed by atoms with Crippen molar-refractivity contribution in [3.05, 3.63) is 102 Å². The van der Waals surface area contributed by atoms with E-state index in [0.717, 1.165) is 28.9 Å². The molecule has 0 unspecified atom stereocenters. The van der Waals surface area contributed by atoms with E-state index in [4.69, 9.17) is 4.74 Å². The molecular formula is C25H28N2O2. The van der Waals surface area contributed by atoms with E-state index in [1.165, 1.54) is 0 Å². The van der Waals surface area contributed by atoms with Crippen LogP contribution >= 0.6 is 0 Å². The highest BCUT2D eigenvalue weighted by Gasteiger charge is 2.10. The van der Waals surface area contributed by atoms with Gasteiger partial charge < -0.3 is 15.0 Å². The van der Waals surface area contributed by atoms with Crippen LogP contribution in [0.1, 0.15) is 23.6 Å². The quantitative estimate of drug-likeness (QED) is 0.554. The molecule has 150 valence electrons. The minimum absolute atomic E-state index is 0.00992. The van der Waals surface area contributed by atoms with Crippen molar-refractivity contribution in [2.75, 3.05) is 18.0 Å². The second-order valence-electron chi connectivity index (χ2n) is 6.87. The molecule has 0 aromatic heterocycles. The van der Waals surface area contributed by atoms with E-state index < -0.39 is 0 Å².